The maximum absolute atomic E-state index is 12.2. The zero-order valence-electron chi connectivity index (χ0n) is 14.1. The van der Waals surface area contributed by atoms with Crippen LogP contribution in [0.4, 0.5) is 4.79 Å². The van der Waals surface area contributed by atoms with Crippen LogP contribution in [0.15, 0.2) is 66.9 Å². The molecule has 0 saturated heterocycles. The summed E-state index contributed by atoms with van der Waals surface area (Å²) in [5.74, 6) is 0.730. The van der Waals surface area contributed by atoms with E-state index in [1.54, 1.807) is 19.2 Å². The van der Waals surface area contributed by atoms with E-state index in [-0.39, 0.29) is 0 Å². The molecule has 4 heteroatoms. The molecule has 0 bridgehead atoms. The van der Waals surface area contributed by atoms with E-state index in [0.29, 0.717) is 11.4 Å². The molecule has 1 aromatic carbocycles. The number of allylic oxidation sites excluding steroid dienone is 3. The number of nitrogens with zero attached hydrogens (tertiary/aromatic N) is 1. The number of carbonyl (C=O) groups excluding carboxylic acids is 1. The van der Waals surface area contributed by atoms with Gasteiger partial charge in [0.1, 0.15) is 5.75 Å². The lowest BCUT2D eigenvalue weighted by molar-refractivity contribution is 0.152. The molecule has 0 radical (unpaired) electrons. The van der Waals surface area contributed by atoms with Crippen molar-refractivity contribution in [1.82, 2.24) is 4.90 Å². The number of ether oxygens (including phenoxy) is 2. The Morgan fingerprint density at radius 1 is 1.13 bits per heavy atom. The molecule has 1 amide bonds. The lowest BCUT2D eigenvalue weighted by atomic mass is 10.1. The van der Waals surface area contributed by atoms with Crippen LogP contribution < -0.4 is 4.74 Å². The van der Waals surface area contributed by atoms with Gasteiger partial charge in [0.05, 0.1) is 25.6 Å². The highest BCUT2D eigenvalue weighted by Crippen LogP contribution is 2.27. The number of rotatable bonds is 6. The van der Waals surface area contributed by atoms with Crippen LogP contribution in [0.5, 0.6) is 5.75 Å². The first-order valence-electron chi connectivity index (χ1n) is 7.19. The van der Waals surface area contributed by atoms with E-state index in [2.05, 4.69) is 13.2 Å². The SMILES string of the molecule is C=C(C(/C=C\C)=C/C)N(C(=C)c1ccc(OC)cc1)C(=O)OC. The first-order chi connectivity index (χ1) is 11.0. The van der Waals surface area contributed by atoms with Gasteiger partial charge in [-0.05, 0) is 49.2 Å². The fourth-order valence-electron chi connectivity index (χ4n) is 2.05. The number of hydrogen-bond donors (Lipinski definition) is 0. The topological polar surface area (TPSA) is 38.8 Å². The van der Waals surface area contributed by atoms with E-state index in [1.165, 1.54) is 12.0 Å². The summed E-state index contributed by atoms with van der Waals surface area (Å²) in [6.45, 7) is 11.8. The van der Waals surface area contributed by atoms with Gasteiger partial charge < -0.3 is 9.47 Å². The van der Waals surface area contributed by atoms with E-state index in [9.17, 15) is 4.79 Å². The fraction of sp³-hybridized carbons (Fsp3) is 0.211. The predicted octanol–water partition coefficient (Wildman–Crippen LogP) is 4.77. The van der Waals surface area contributed by atoms with Gasteiger partial charge in [-0.3, -0.25) is 0 Å². The monoisotopic (exact) mass is 313 g/mol. The quantitative estimate of drug-likeness (QED) is 0.710. The van der Waals surface area contributed by atoms with Gasteiger partial charge in [0.2, 0.25) is 0 Å². The molecular weight excluding hydrogens is 290 g/mol. The molecule has 1 aromatic rings. The maximum atomic E-state index is 12.2. The summed E-state index contributed by atoms with van der Waals surface area (Å²) in [7, 11) is 2.93. The first-order valence-corrected chi connectivity index (χ1v) is 7.19. The normalized spacial score (nSPS) is 11.2. The summed E-state index contributed by atoms with van der Waals surface area (Å²) in [5.41, 5.74) is 2.56. The Morgan fingerprint density at radius 3 is 2.17 bits per heavy atom. The summed E-state index contributed by atoms with van der Waals surface area (Å²) in [6, 6.07) is 7.27. The van der Waals surface area contributed by atoms with Crippen LogP contribution in [0.2, 0.25) is 0 Å². The Labute approximate surface area is 138 Å². The van der Waals surface area contributed by atoms with E-state index >= 15 is 0 Å². The summed E-state index contributed by atoms with van der Waals surface area (Å²) in [4.78, 5) is 13.6. The second kappa shape index (κ2) is 8.63. The Morgan fingerprint density at radius 2 is 1.74 bits per heavy atom. The van der Waals surface area contributed by atoms with Crippen molar-refractivity contribution in [2.75, 3.05) is 14.2 Å². The predicted molar refractivity (Wildman–Crippen MR) is 94.0 cm³/mol. The second-order valence-corrected chi connectivity index (χ2v) is 4.67. The van der Waals surface area contributed by atoms with Gasteiger partial charge in [0, 0.05) is 0 Å². The Balaban J connectivity index is 3.22. The van der Waals surface area contributed by atoms with Crippen molar-refractivity contribution < 1.29 is 14.3 Å². The van der Waals surface area contributed by atoms with E-state index in [1.807, 2.05) is 44.2 Å². The lowest BCUT2D eigenvalue weighted by Crippen LogP contribution is -2.28. The van der Waals surface area contributed by atoms with Crippen molar-refractivity contribution in [3.63, 3.8) is 0 Å². The lowest BCUT2D eigenvalue weighted by Gasteiger charge is -2.26. The molecule has 0 aromatic heterocycles. The van der Waals surface area contributed by atoms with Crippen molar-refractivity contribution >= 4 is 11.8 Å². The van der Waals surface area contributed by atoms with Gasteiger partial charge in [0.15, 0.2) is 0 Å². The highest BCUT2D eigenvalue weighted by Gasteiger charge is 2.23. The average Bonchev–Trinajstić information content (AvgIpc) is 2.59. The molecule has 0 N–H and O–H groups in total. The smallest absolute Gasteiger partial charge is 0.418 e. The second-order valence-electron chi connectivity index (χ2n) is 4.67. The molecule has 0 fully saturated rings. The van der Waals surface area contributed by atoms with Crippen LogP contribution in [0.3, 0.4) is 0 Å². The summed E-state index contributed by atoms with van der Waals surface area (Å²) < 4.78 is 10.0. The Kier molecular flexibility index (Phi) is 6.87. The Hall–Kier alpha value is -2.75. The molecule has 0 spiro atoms. The van der Waals surface area contributed by atoms with Gasteiger partial charge in [-0.2, -0.15) is 0 Å². The van der Waals surface area contributed by atoms with E-state index in [0.717, 1.165) is 16.9 Å². The Bertz CT molecular complexity index is 639. The molecule has 0 aliphatic heterocycles. The minimum Gasteiger partial charge on any atom is -0.497 e. The van der Waals surface area contributed by atoms with Crippen molar-refractivity contribution in [2.24, 2.45) is 0 Å². The van der Waals surface area contributed by atoms with E-state index in [4.69, 9.17) is 9.47 Å². The van der Waals surface area contributed by atoms with Gasteiger partial charge in [0.25, 0.3) is 0 Å². The number of hydrogen-bond acceptors (Lipinski definition) is 3. The van der Waals surface area contributed by atoms with E-state index < -0.39 is 6.09 Å². The molecule has 23 heavy (non-hydrogen) atoms. The third-order valence-corrected chi connectivity index (χ3v) is 3.31. The third-order valence-electron chi connectivity index (χ3n) is 3.31. The maximum Gasteiger partial charge on any atom is 0.418 e. The third kappa shape index (κ3) is 4.36. The average molecular weight is 313 g/mol. The number of benzene rings is 1. The standard InChI is InChI=1S/C19H23NO3/c1-7-9-16(8-2)14(3)20(19(21)23-6)15(4)17-10-12-18(22-5)13-11-17/h7-13H,3-4H2,1-2,5-6H3/b9-7-,16-8+. The highest BCUT2D eigenvalue weighted by molar-refractivity contribution is 5.84. The number of carbonyl (C=O) groups is 1. The zero-order chi connectivity index (χ0) is 17.4. The molecule has 0 unspecified atom stereocenters. The van der Waals surface area contributed by atoms with Crippen molar-refractivity contribution in [2.45, 2.75) is 13.8 Å². The molecule has 0 aliphatic carbocycles. The van der Waals surface area contributed by atoms with Gasteiger partial charge in [-0.15, -0.1) is 0 Å². The largest absolute Gasteiger partial charge is 0.497 e. The molecule has 122 valence electrons. The van der Waals surface area contributed by atoms with Crippen LogP contribution in [0, 0.1) is 0 Å². The van der Waals surface area contributed by atoms with Crippen molar-refractivity contribution in [3.8, 4) is 5.75 Å². The molecule has 0 heterocycles. The van der Waals surface area contributed by atoms with Crippen LogP contribution >= 0.6 is 0 Å². The minimum atomic E-state index is -0.542. The molecule has 0 saturated carbocycles. The molecular formula is C19H23NO3. The van der Waals surface area contributed by atoms with Gasteiger partial charge in [-0.1, -0.05) is 31.4 Å². The number of amides is 1. The van der Waals surface area contributed by atoms with Crippen LogP contribution in [0.1, 0.15) is 19.4 Å². The first kappa shape index (κ1) is 18.3. The summed E-state index contributed by atoms with van der Waals surface area (Å²) in [6.07, 6.45) is 5.09. The summed E-state index contributed by atoms with van der Waals surface area (Å²) in [5, 5.41) is 0. The molecule has 0 atom stereocenters. The summed E-state index contributed by atoms with van der Waals surface area (Å²) >= 11 is 0. The molecule has 1 rings (SSSR count). The fourth-order valence-corrected chi connectivity index (χ4v) is 2.05. The molecule has 4 nitrogen and oxygen atoms in total. The number of methoxy groups -OCH3 is 2. The van der Waals surface area contributed by atoms with Gasteiger partial charge in [-0.25, -0.2) is 9.69 Å². The van der Waals surface area contributed by atoms with Crippen LogP contribution in [-0.4, -0.2) is 25.2 Å². The van der Waals surface area contributed by atoms with Gasteiger partial charge >= 0.3 is 6.09 Å². The van der Waals surface area contributed by atoms with Crippen molar-refractivity contribution in [1.29, 1.82) is 0 Å². The highest BCUT2D eigenvalue weighted by atomic mass is 16.5. The van der Waals surface area contributed by atoms with Crippen LogP contribution in [0.25, 0.3) is 5.70 Å². The minimum absolute atomic E-state index is 0.480. The zero-order valence-corrected chi connectivity index (χ0v) is 14.1. The van der Waals surface area contributed by atoms with Crippen LogP contribution in [-0.2, 0) is 4.74 Å². The van der Waals surface area contributed by atoms with Crippen molar-refractivity contribution in [3.05, 3.63) is 72.5 Å². The molecule has 0 aliphatic rings.